The number of rotatable bonds is 9. The first-order chi connectivity index (χ1) is 11.3. The fourth-order valence-electron chi connectivity index (χ4n) is 1.99. The Morgan fingerprint density at radius 1 is 0.625 bits per heavy atom. The zero-order chi connectivity index (χ0) is 18.4. The third-order valence-electron chi connectivity index (χ3n) is 2.70. The second kappa shape index (κ2) is 7.89. The predicted octanol–water partition coefficient (Wildman–Crippen LogP) is 2.61. The summed E-state index contributed by atoms with van der Waals surface area (Å²) < 4.78 is 15.4. The van der Waals surface area contributed by atoms with Crippen LogP contribution in [-0.4, -0.2) is 34.6 Å². The van der Waals surface area contributed by atoms with Crippen molar-refractivity contribution in [1.82, 2.24) is 0 Å². The molecule has 24 heavy (non-hydrogen) atoms. The van der Waals surface area contributed by atoms with Gasteiger partial charge in [0.05, 0.1) is 34.6 Å². The van der Waals surface area contributed by atoms with Crippen molar-refractivity contribution in [2.45, 2.75) is 20.8 Å². The van der Waals surface area contributed by atoms with Crippen LogP contribution >= 0.6 is 0 Å². The van der Waals surface area contributed by atoms with Crippen molar-refractivity contribution in [3.05, 3.63) is 30.3 Å². The van der Waals surface area contributed by atoms with Gasteiger partial charge in [-0.1, -0.05) is 0 Å². The van der Waals surface area contributed by atoms with Crippen LogP contribution in [0.3, 0.4) is 0 Å². The van der Waals surface area contributed by atoms with Crippen molar-refractivity contribution in [1.29, 1.82) is 0 Å². The highest BCUT2D eigenvalue weighted by molar-refractivity contribution is 5.83. The summed E-state index contributed by atoms with van der Waals surface area (Å²) in [7, 11) is 0. The van der Waals surface area contributed by atoms with Crippen LogP contribution in [0.4, 0.5) is 17.1 Å². The summed E-state index contributed by atoms with van der Waals surface area (Å²) in [5.41, 5.74) is -3.62. The average molecular weight is 345 g/mol. The van der Waals surface area contributed by atoms with E-state index in [4.69, 9.17) is 14.2 Å². The molecule has 0 fully saturated rings. The molecule has 0 amide bonds. The van der Waals surface area contributed by atoms with Crippen molar-refractivity contribution in [2.24, 2.45) is 0 Å². The summed E-state index contributed by atoms with van der Waals surface area (Å²) >= 11 is 0. The van der Waals surface area contributed by atoms with E-state index >= 15 is 0 Å². The standard InChI is InChI=1S/C12H15N3O9/c1-4-22-10-8(14(18)19)7(13(16)17)9(15(20)21)11(23-5-2)12(10)24-6-3/h4-6H2,1-3H3. The lowest BCUT2D eigenvalue weighted by Gasteiger charge is -2.15. The van der Waals surface area contributed by atoms with Gasteiger partial charge in [0.15, 0.2) is 0 Å². The van der Waals surface area contributed by atoms with Crippen molar-refractivity contribution in [3.63, 3.8) is 0 Å². The molecule has 0 unspecified atom stereocenters. The molecule has 0 aromatic heterocycles. The van der Waals surface area contributed by atoms with Crippen LogP contribution in [0, 0.1) is 30.3 Å². The van der Waals surface area contributed by atoms with Gasteiger partial charge in [0.25, 0.3) is 11.5 Å². The van der Waals surface area contributed by atoms with Gasteiger partial charge in [-0.05, 0) is 20.8 Å². The third-order valence-corrected chi connectivity index (χ3v) is 2.70. The minimum Gasteiger partial charge on any atom is -0.486 e. The van der Waals surface area contributed by atoms with Gasteiger partial charge in [-0.15, -0.1) is 0 Å². The molecule has 12 nitrogen and oxygen atoms in total. The largest absolute Gasteiger partial charge is 0.486 e. The maximum absolute atomic E-state index is 11.3. The van der Waals surface area contributed by atoms with Crippen LogP contribution in [0.5, 0.6) is 17.2 Å². The van der Waals surface area contributed by atoms with Gasteiger partial charge in [0.1, 0.15) is 0 Å². The highest BCUT2D eigenvalue weighted by atomic mass is 16.7. The summed E-state index contributed by atoms with van der Waals surface area (Å²) in [6, 6.07) is 0. The lowest BCUT2D eigenvalue weighted by molar-refractivity contribution is -0.441. The number of benzene rings is 1. The summed E-state index contributed by atoms with van der Waals surface area (Å²) in [6.45, 7) is 4.33. The Morgan fingerprint density at radius 2 is 0.917 bits per heavy atom. The molecule has 0 saturated heterocycles. The summed E-state index contributed by atoms with van der Waals surface area (Å²) in [4.78, 5) is 30.5. The summed E-state index contributed by atoms with van der Waals surface area (Å²) in [5, 5.41) is 33.9. The average Bonchev–Trinajstić information content (AvgIpc) is 2.49. The van der Waals surface area contributed by atoms with Gasteiger partial charge in [0.2, 0.25) is 5.75 Å². The van der Waals surface area contributed by atoms with Crippen LogP contribution in [0.25, 0.3) is 0 Å². The molecule has 1 aromatic carbocycles. The zero-order valence-electron chi connectivity index (χ0n) is 13.1. The molecule has 1 aromatic rings. The molecule has 0 aliphatic carbocycles. The molecule has 0 spiro atoms. The number of ether oxygens (including phenoxy) is 3. The van der Waals surface area contributed by atoms with Crippen molar-refractivity contribution >= 4 is 17.1 Å². The van der Waals surface area contributed by atoms with Gasteiger partial charge in [-0.2, -0.15) is 0 Å². The molecule has 0 heterocycles. The molecule has 12 heteroatoms. The second-order valence-electron chi connectivity index (χ2n) is 4.10. The van der Waals surface area contributed by atoms with Crippen molar-refractivity contribution in [2.75, 3.05) is 19.8 Å². The van der Waals surface area contributed by atoms with Crippen LogP contribution in [0.15, 0.2) is 0 Å². The number of nitrogens with zero attached hydrogens (tertiary/aromatic N) is 3. The van der Waals surface area contributed by atoms with E-state index in [0.29, 0.717) is 0 Å². The summed E-state index contributed by atoms with van der Waals surface area (Å²) in [5.74, 6) is -1.57. The zero-order valence-corrected chi connectivity index (χ0v) is 13.1. The molecule has 0 aliphatic heterocycles. The number of nitro groups is 3. The maximum Gasteiger partial charge on any atom is 0.430 e. The van der Waals surface area contributed by atoms with Gasteiger partial charge in [-0.25, -0.2) is 0 Å². The van der Waals surface area contributed by atoms with E-state index in [0.717, 1.165) is 0 Å². The Hall–Kier alpha value is -3.18. The number of hydrogen-bond donors (Lipinski definition) is 0. The van der Waals surface area contributed by atoms with Gasteiger partial charge >= 0.3 is 17.1 Å². The minimum absolute atomic E-state index is 0.0216. The molecule has 0 radical (unpaired) electrons. The SMILES string of the molecule is CCOc1c(OCC)c([N+](=O)[O-])c([N+](=O)[O-])c([N+](=O)[O-])c1OCC. The van der Waals surface area contributed by atoms with E-state index in [9.17, 15) is 30.3 Å². The fourth-order valence-corrected chi connectivity index (χ4v) is 1.99. The third kappa shape index (κ3) is 3.42. The maximum atomic E-state index is 11.3. The van der Waals surface area contributed by atoms with E-state index < -0.39 is 49.1 Å². The van der Waals surface area contributed by atoms with Crippen LogP contribution in [0.1, 0.15) is 20.8 Å². The lowest BCUT2D eigenvalue weighted by atomic mass is 10.1. The predicted molar refractivity (Wildman–Crippen MR) is 79.9 cm³/mol. The number of nitro benzene ring substituents is 3. The Morgan fingerprint density at radius 3 is 1.17 bits per heavy atom. The monoisotopic (exact) mass is 345 g/mol. The van der Waals surface area contributed by atoms with Gasteiger partial charge in [-0.3, -0.25) is 30.3 Å². The Bertz CT molecular complexity index is 629. The molecular weight excluding hydrogens is 330 g/mol. The molecule has 1 rings (SSSR count). The quantitative estimate of drug-likeness (QED) is 0.484. The van der Waals surface area contributed by atoms with Crippen molar-refractivity contribution < 1.29 is 29.0 Å². The molecule has 0 N–H and O–H groups in total. The molecule has 0 atom stereocenters. The summed E-state index contributed by atoms with van der Waals surface area (Å²) in [6.07, 6.45) is 0. The smallest absolute Gasteiger partial charge is 0.430 e. The van der Waals surface area contributed by atoms with E-state index in [-0.39, 0.29) is 19.8 Å². The van der Waals surface area contributed by atoms with E-state index in [1.165, 1.54) is 20.8 Å². The Balaban J connectivity index is 4.09. The van der Waals surface area contributed by atoms with E-state index in [2.05, 4.69) is 0 Å². The fraction of sp³-hybridized carbons (Fsp3) is 0.500. The van der Waals surface area contributed by atoms with E-state index in [1.807, 2.05) is 0 Å². The van der Waals surface area contributed by atoms with Crippen molar-refractivity contribution in [3.8, 4) is 17.2 Å². The molecule has 132 valence electrons. The van der Waals surface area contributed by atoms with Crippen LogP contribution in [-0.2, 0) is 0 Å². The second-order valence-corrected chi connectivity index (χ2v) is 4.10. The van der Waals surface area contributed by atoms with Crippen LogP contribution in [0.2, 0.25) is 0 Å². The molecule has 0 bridgehead atoms. The molecule has 0 aliphatic rings. The molecule has 0 saturated carbocycles. The van der Waals surface area contributed by atoms with E-state index in [1.54, 1.807) is 0 Å². The van der Waals surface area contributed by atoms with Gasteiger partial charge in [0, 0.05) is 0 Å². The Labute approximate surface area is 135 Å². The first kappa shape index (κ1) is 18.9. The van der Waals surface area contributed by atoms with Crippen LogP contribution < -0.4 is 14.2 Å². The molecular formula is C12H15N3O9. The first-order valence-corrected chi connectivity index (χ1v) is 6.87. The highest BCUT2D eigenvalue weighted by Gasteiger charge is 2.47. The highest BCUT2D eigenvalue weighted by Crippen LogP contribution is 2.56. The Kier molecular flexibility index (Phi) is 6.21. The topological polar surface area (TPSA) is 157 Å². The normalized spacial score (nSPS) is 10.1. The van der Waals surface area contributed by atoms with Gasteiger partial charge < -0.3 is 14.2 Å². The minimum atomic E-state index is -1.32. The lowest BCUT2D eigenvalue weighted by Crippen LogP contribution is -2.10. The number of hydrogen-bond acceptors (Lipinski definition) is 9. The first-order valence-electron chi connectivity index (χ1n) is 6.87.